The van der Waals surface area contributed by atoms with Crippen molar-refractivity contribution in [2.45, 2.75) is 51.4 Å². The number of carbonyl (C=O) groups is 2. The van der Waals surface area contributed by atoms with Gasteiger partial charge in [0.05, 0.1) is 7.11 Å². The molecule has 0 unspecified atom stereocenters. The fraction of sp³-hybridized carbons (Fsp3) is 0.750. The SMILES string of the molecule is COC(=O)[C@H](C[C@@H]1CC(Br)=NO1)NC(=O)OC(C)(C)C. The molecule has 1 aliphatic rings. The lowest BCUT2D eigenvalue weighted by molar-refractivity contribution is -0.144. The van der Waals surface area contributed by atoms with Crippen molar-refractivity contribution in [1.29, 1.82) is 0 Å². The fourth-order valence-electron chi connectivity index (χ4n) is 1.59. The number of hydrogen-bond acceptors (Lipinski definition) is 6. The van der Waals surface area contributed by atoms with Gasteiger partial charge in [-0.1, -0.05) is 5.16 Å². The monoisotopic (exact) mass is 350 g/mol. The van der Waals surface area contributed by atoms with Gasteiger partial charge in [0.2, 0.25) is 0 Å². The Labute approximate surface area is 126 Å². The molecule has 7 nitrogen and oxygen atoms in total. The number of hydrogen-bond donors (Lipinski definition) is 1. The Hall–Kier alpha value is -1.31. The van der Waals surface area contributed by atoms with Crippen molar-refractivity contribution in [2.24, 2.45) is 5.16 Å². The molecule has 0 spiro atoms. The van der Waals surface area contributed by atoms with E-state index >= 15 is 0 Å². The van der Waals surface area contributed by atoms with Crippen molar-refractivity contribution in [2.75, 3.05) is 7.11 Å². The van der Waals surface area contributed by atoms with Crippen molar-refractivity contribution >= 4 is 32.6 Å². The molecule has 0 aromatic rings. The highest BCUT2D eigenvalue weighted by Crippen LogP contribution is 2.19. The molecule has 1 aliphatic heterocycles. The minimum atomic E-state index is -0.839. The van der Waals surface area contributed by atoms with E-state index in [0.717, 1.165) is 0 Å². The first-order chi connectivity index (χ1) is 9.21. The summed E-state index contributed by atoms with van der Waals surface area (Å²) < 4.78 is 10.4. The van der Waals surface area contributed by atoms with Crippen LogP contribution in [0.25, 0.3) is 0 Å². The van der Waals surface area contributed by atoms with Gasteiger partial charge < -0.3 is 19.6 Å². The second-order valence-corrected chi connectivity index (χ2v) is 6.27. The average Bonchev–Trinajstić information content (AvgIpc) is 2.70. The molecule has 1 amide bonds. The lowest BCUT2D eigenvalue weighted by Gasteiger charge is -2.23. The molecule has 0 aromatic carbocycles. The minimum absolute atomic E-state index is 0.254. The van der Waals surface area contributed by atoms with Gasteiger partial charge in [-0.2, -0.15) is 0 Å². The first kappa shape index (κ1) is 16.7. The summed E-state index contributed by atoms with van der Waals surface area (Å²) in [6.45, 7) is 5.22. The molecule has 0 saturated carbocycles. The molecule has 1 heterocycles. The van der Waals surface area contributed by atoms with Crippen molar-refractivity contribution in [3.05, 3.63) is 0 Å². The summed E-state index contributed by atoms with van der Waals surface area (Å²) in [6, 6.07) is -0.839. The van der Waals surface area contributed by atoms with Crippen LogP contribution in [0, 0.1) is 0 Å². The first-order valence-corrected chi connectivity index (χ1v) is 6.96. The van der Waals surface area contributed by atoms with Crippen LogP contribution in [0.1, 0.15) is 33.6 Å². The van der Waals surface area contributed by atoms with Gasteiger partial charge in [0.15, 0.2) is 0 Å². The zero-order valence-corrected chi connectivity index (χ0v) is 13.5. The van der Waals surface area contributed by atoms with E-state index in [4.69, 9.17) is 9.57 Å². The Bertz CT molecular complexity index is 405. The highest BCUT2D eigenvalue weighted by Gasteiger charge is 2.31. The van der Waals surface area contributed by atoms with Gasteiger partial charge in [-0.05, 0) is 36.7 Å². The van der Waals surface area contributed by atoms with Crippen LogP contribution in [0.5, 0.6) is 0 Å². The van der Waals surface area contributed by atoms with E-state index in [-0.39, 0.29) is 12.5 Å². The summed E-state index contributed by atoms with van der Waals surface area (Å²) in [7, 11) is 1.26. The number of esters is 1. The van der Waals surface area contributed by atoms with Gasteiger partial charge in [0.1, 0.15) is 22.4 Å². The topological polar surface area (TPSA) is 86.2 Å². The Morgan fingerprint density at radius 2 is 2.20 bits per heavy atom. The maximum Gasteiger partial charge on any atom is 0.408 e. The number of ether oxygens (including phenoxy) is 2. The lowest BCUT2D eigenvalue weighted by Crippen LogP contribution is -2.45. The normalized spacial score (nSPS) is 19.6. The highest BCUT2D eigenvalue weighted by atomic mass is 79.9. The number of amides is 1. The molecule has 0 radical (unpaired) electrons. The standard InChI is InChI=1S/C12H19BrN2O5/c1-12(2,3)19-11(17)14-8(10(16)18-4)5-7-6-9(13)15-20-7/h7-8H,5-6H2,1-4H3,(H,14,17)/t7-,8+/m1/s1. The minimum Gasteiger partial charge on any atom is -0.467 e. The Morgan fingerprint density at radius 1 is 1.55 bits per heavy atom. The summed E-state index contributed by atoms with van der Waals surface area (Å²) in [5.74, 6) is -0.553. The molecule has 8 heteroatoms. The molecule has 0 aliphatic carbocycles. The van der Waals surface area contributed by atoms with Crippen LogP contribution in [-0.2, 0) is 19.1 Å². The van der Waals surface area contributed by atoms with Crippen LogP contribution < -0.4 is 5.32 Å². The third-order valence-electron chi connectivity index (χ3n) is 2.37. The second-order valence-electron chi connectivity index (χ2n) is 5.36. The average molecular weight is 351 g/mol. The van der Waals surface area contributed by atoms with Crippen LogP contribution in [0.4, 0.5) is 4.79 Å². The molecule has 1 rings (SSSR count). The van der Waals surface area contributed by atoms with Crippen LogP contribution in [-0.4, -0.2) is 41.5 Å². The fourth-order valence-corrected chi connectivity index (χ4v) is 2.03. The van der Waals surface area contributed by atoms with E-state index in [1.807, 2.05) is 0 Å². The van der Waals surface area contributed by atoms with Crippen LogP contribution in [0.2, 0.25) is 0 Å². The highest BCUT2D eigenvalue weighted by molar-refractivity contribution is 9.18. The Morgan fingerprint density at radius 3 is 2.65 bits per heavy atom. The van der Waals surface area contributed by atoms with Crippen molar-refractivity contribution in [1.82, 2.24) is 5.32 Å². The van der Waals surface area contributed by atoms with Crippen LogP contribution in [0.15, 0.2) is 5.16 Å². The lowest BCUT2D eigenvalue weighted by atomic mass is 10.1. The summed E-state index contributed by atoms with van der Waals surface area (Å²) in [4.78, 5) is 28.5. The molecule has 0 saturated heterocycles. The Balaban J connectivity index is 2.56. The molecule has 20 heavy (non-hydrogen) atoms. The van der Waals surface area contributed by atoms with Gasteiger partial charge in [-0.15, -0.1) is 0 Å². The van der Waals surface area contributed by atoms with E-state index in [1.165, 1.54) is 7.11 Å². The molecule has 2 atom stereocenters. The number of nitrogens with zero attached hydrogens (tertiary/aromatic N) is 1. The quantitative estimate of drug-likeness (QED) is 0.783. The van der Waals surface area contributed by atoms with Crippen LogP contribution in [0.3, 0.4) is 0 Å². The number of nitrogens with one attached hydrogen (secondary N) is 1. The van der Waals surface area contributed by atoms with E-state index < -0.39 is 23.7 Å². The van der Waals surface area contributed by atoms with Gasteiger partial charge in [-0.25, -0.2) is 9.59 Å². The third kappa shape index (κ3) is 5.77. The van der Waals surface area contributed by atoms with E-state index in [2.05, 4.69) is 31.1 Å². The number of halogens is 1. The molecular weight excluding hydrogens is 332 g/mol. The van der Waals surface area contributed by atoms with Gasteiger partial charge in [0.25, 0.3) is 0 Å². The van der Waals surface area contributed by atoms with Crippen molar-refractivity contribution < 1.29 is 23.9 Å². The van der Waals surface area contributed by atoms with Gasteiger partial charge in [-0.3, -0.25) is 0 Å². The summed E-state index contributed by atoms with van der Waals surface area (Å²) >= 11 is 3.21. The number of rotatable bonds is 4. The maximum absolute atomic E-state index is 11.7. The summed E-state index contributed by atoms with van der Waals surface area (Å²) in [5.41, 5.74) is -0.638. The Kier molecular flexibility index (Phi) is 5.79. The maximum atomic E-state index is 11.7. The second kappa shape index (κ2) is 6.92. The van der Waals surface area contributed by atoms with Crippen molar-refractivity contribution in [3.8, 4) is 0 Å². The molecule has 1 N–H and O–H groups in total. The number of carbonyl (C=O) groups excluding carboxylic acids is 2. The van der Waals surface area contributed by atoms with Crippen molar-refractivity contribution in [3.63, 3.8) is 0 Å². The van der Waals surface area contributed by atoms with Crippen LogP contribution >= 0.6 is 15.9 Å². The zero-order chi connectivity index (χ0) is 15.3. The largest absolute Gasteiger partial charge is 0.467 e. The van der Waals surface area contributed by atoms with Gasteiger partial charge >= 0.3 is 12.1 Å². The molecule has 114 valence electrons. The zero-order valence-electron chi connectivity index (χ0n) is 11.9. The van der Waals surface area contributed by atoms with E-state index in [9.17, 15) is 9.59 Å². The van der Waals surface area contributed by atoms with Gasteiger partial charge in [0, 0.05) is 12.8 Å². The predicted molar refractivity (Wildman–Crippen MR) is 75.6 cm³/mol. The third-order valence-corrected chi connectivity index (χ3v) is 2.84. The summed E-state index contributed by atoms with van der Waals surface area (Å²) in [5, 5.41) is 6.22. The number of methoxy groups -OCH3 is 1. The molecular formula is C12H19BrN2O5. The first-order valence-electron chi connectivity index (χ1n) is 6.17. The number of oxime groups is 1. The predicted octanol–water partition coefficient (Wildman–Crippen LogP) is 1.94. The smallest absolute Gasteiger partial charge is 0.408 e. The van der Waals surface area contributed by atoms with E-state index in [1.54, 1.807) is 20.8 Å². The van der Waals surface area contributed by atoms with E-state index in [0.29, 0.717) is 11.0 Å². The molecule has 0 bridgehead atoms. The number of alkyl carbamates (subject to hydrolysis) is 1. The molecule has 0 aromatic heterocycles. The summed E-state index contributed by atoms with van der Waals surface area (Å²) in [6.07, 6.45) is -0.164. The molecule has 0 fully saturated rings.